The average molecular weight is 402 g/mol. The molecule has 0 bridgehead atoms. The summed E-state index contributed by atoms with van der Waals surface area (Å²) in [4.78, 5) is 7.70. The van der Waals surface area contributed by atoms with E-state index in [4.69, 9.17) is 4.43 Å². The van der Waals surface area contributed by atoms with Crippen LogP contribution in [-0.2, 0) is 4.43 Å². The summed E-state index contributed by atoms with van der Waals surface area (Å²) in [5, 5.41) is 0. The first kappa shape index (κ1) is 27.1. The molecule has 0 spiro atoms. The molecule has 0 aromatic rings. The van der Waals surface area contributed by atoms with Crippen LogP contribution in [0.25, 0.3) is 0 Å². The molecule has 0 fully saturated rings. The second kappa shape index (κ2) is 14.1. The zero-order valence-electron chi connectivity index (χ0n) is 20.2. The van der Waals surface area contributed by atoms with Crippen molar-refractivity contribution < 1.29 is 4.43 Å². The van der Waals surface area contributed by atoms with Crippen LogP contribution in [0, 0.1) is 5.41 Å². The van der Waals surface area contributed by atoms with Crippen molar-refractivity contribution in [2.24, 2.45) is 5.41 Å². The van der Waals surface area contributed by atoms with Crippen LogP contribution in [0.2, 0.25) is 18.6 Å². The van der Waals surface area contributed by atoms with Gasteiger partial charge in [0.2, 0.25) is 0 Å². The summed E-state index contributed by atoms with van der Waals surface area (Å²) in [6.45, 7) is 21.7. The Morgan fingerprint density at radius 3 is 1.33 bits per heavy atom. The third-order valence-electron chi connectivity index (χ3n) is 5.62. The zero-order chi connectivity index (χ0) is 20.9. The Labute approximate surface area is 172 Å². The Morgan fingerprint density at radius 2 is 1.07 bits per heavy atom. The van der Waals surface area contributed by atoms with Gasteiger partial charge in [-0.05, 0) is 85.6 Å². The molecule has 0 saturated carbocycles. The Kier molecular flexibility index (Phi) is 14.1. The Bertz CT molecular complexity index is 333. The predicted molar refractivity (Wildman–Crippen MR) is 124 cm³/mol. The van der Waals surface area contributed by atoms with Crippen molar-refractivity contribution in [1.82, 2.24) is 14.7 Å². The lowest BCUT2D eigenvalue weighted by Gasteiger charge is -2.46. The van der Waals surface area contributed by atoms with E-state index in [-0.39, 0.29) is 5.41 Å². The van der Waals surface area contributed by atoms with Gasteiger partial charge in [0.05, 0.1) is 0 Å². The molecule has 4 nitrogen and oxygen atoms in total. The van der Waals surface area contributed by atoms with Gasteiger partial charge in [-0.25, -0.2) is 0 Å². The monoisotopic (exact) mass is 401 g/mol. The molecule has 5 heteroatoms. The van der Waals surface area contributed by atoms with Gasteiger partial charge in [0.15, 0.2) is 8.32 Å². The Balaban J connectivity index is 5.77. The number of hydrogen-bond acceptors (Lipinski definition) is 4. The third-order valence-corrected chi connectivity index (χ3v) is 9.60. The third kappa shape index (κ3) is 11.0. The quantitative estimate of drug-likeness (QED) is 0.331. The molecule has 0 amide bonds. The van der Waals surface area contributed by atoms with Gasteiger partial charge in [-0.15, -0.1) is 0 Å². The molecule has 0 rings (SSSR count). The predicted octanol–water partition coefficient (Wildman–Crippen LogP) is 4.63. The second-order valence-electron chi connectivity index (χ2n) is 9.13. The van der Waals surface area contributed by atoms with E-state index in [9.17, 15) is 0 Å². The fourth-order valence-electron chi connectivity index (χ4n) is 4.84. The molecule has 0 aromatic carbocycles. The maximum Gasteiger partial charge on any atom is 0.190 e. The molecule has 164 valence electrons. The van der Waals surface area contributed by atoms with Crippen LogP contribution in [0.5, 0.6) is 0 Å². The maximum atomic E-state index is 6.44. The van der Waals surface area contributed by atoms with Gasteiger partial charge < -0.3 is 19.1 Å². The van der Waals surface area contributed by atoms with Gasteiger partial charge in [0, 0.05) is 31.7 Å². The highest BCUT2D eigenvalue weighted by Crippen LogP contribution is 2.35. The number of rotatable bonds is 17. The first-order valence-electron chi connectivity index (χ1n) is 11.4. The molecule has 0 saturated heterocycles. The van der Waals surface area contributed by atoms with Gasteiger partial charge in [0.25, 0.3) is 0 Å². The lowest BCUT2D eigenvalue weighted by molar-refractivity contribution is 0.0884. The molecule has 27 heavy (non-hydrogen) atoms. The highest BCUT2D eigenvalue weighted by molar-refractivity contribution is 6.72. The molecule has 0 radical (unpaired) electrons. The van der Waals surface area contributed by atoms with Crippen LogP contribution >= 0.6 is 0 Å². The van der Waals surface area contributed by atoms with Crippen LogP contribution in [0.15, 0.2) is 0 Å². The lowest BCUT2D eigenvalue weighted by atomic mass is 9.87. The van der Waals surface area contributed by atoms with Crippen molar-refractivity contribution in [3.8, 4) is 0 Å². The van der Waals surface area contributed by atoms with E-state index in [2.05, 4.69) is 77.0 Å². The van der Waals surface area contributed by atoms with Crippen LogP contribution < -0.4 is 0 Å². The number of nitrogens with zero attached hydrogens (tertiary/aromatic N) is 3. The highest BCUT2D eigenvalue weighted by Gasteiger charge is 2.42. The molecule has 0 aliphatic carbocycles. The number of hydrogen-bond donors (Lipinski definition) is 0. The minimum Gasteiger partial charge on any atom is -0.417 e. The fourth-order valence-corrected chi connectivity index (χ4v) is 8.01. The van der Waals surface area contributed by atoms with Crippen LogP contribution in [0.3, 0.4) is 0 Å². The Morgan fingerprint density at radius 1 is 0.704 bits per heavy atom. The molecular formula is C22H51N3OSi. The Hall–Kier alpha value is 0.0569. The zero-order valence-corrected chi connectivity index (χ0v) is 21.2. The van der Waals surface area contributed by atoms with E-state index in [1.165, 1.54) is 70.6 Å². The van der Waals surface area contributed by atoms with Crippen LogP contribution in [0.4, 0.5) is 0 Å². The van der Waals surface area contributed by atoms with Crippen molar-refractivity contribution >= 4 is 8.32 Å². The second-order valence-corrected chi connectivity index (χ2v) is 13.4. The van der Waals surface area contributed by atoms with Crippen molar-refractivity contribution in [3.63, 3.8) is 0 Å². The highest BCUT2D eigenvalue weighted by atomic mass is 28.4. The van der Waals surface area contributed by atoms with E-state index < -0.39 is 8.32 Å². The molecule has 0 aliphatic heterocycles. The first-order chi connectivity index (χ1) is 12.7. The van der Waals surface area contributed by atoms with Crippen LogP contribution in [-0.4, -0.2) is 90.0 Å². The molecule has 0 aromatic heterocycles. The molecule has 1 atom stereocenters. The van der Waals surface area contributed by atoms with E-state index >= 15 is 0 Å². The smallest absolute Gasteiger partial charge is 0.190 e. The summed E-state index contributed by atoms with van der Waals surface area (Å²) >= 11 is 0. The van der Waals surface area contributed by atoms with Crippen molar-refractivity contribution in [2.45, 2.75) is 72.5 Å². The average Bonchev–Trinajstić information content (AvgIpc) is 2.55. The van der Waals surface area contributed by atoms with Crippen molar-refractivity contribution in [3.05, 3.63) is 0 Å². The summed E-state index contributed by atoms with van der Waals surface area (Å²) in [7, 11) is 5.22. The van der Waals surface area contributed by atoms with Gasteiger partial charge in [-0.3, -0.25) is 0 Å². The van der Waals surface area contributed by atoms with E-state index in [0.717, 1.165) is 6.61 Å². The lowest BCUT2D eigenvalue weighted by Crippen LogP contribution is -2.54. The van der Waals surface area contributed by atoms with E-state index in [0.29, 0.717) is 0 Å². The minimum absolute atomic E-state index is 0.268. The molecule has 0 heterocycles. The van der Waals surface area contributed by atoms with E-state index in [1.54, 1.807) is 0 Å². The SMILES string of the molecule is CCCN(C)CC(CN(C)CCC)(CN(C)CCC)C[Si](C)(CC)OCC. The summed E-state index contributed by atoms with van der Waals surface area (Å²) in [6.07, 6.45) is 3.66. The topological polar surface area (TPSA) is 19.0 Å². The molecular weight excluding hydrogens is 350 g/mol. The maximum absolute atomic E-state index is 6.44. The van der Waals surface area contributed by atoms with Crippen LogP contribution in [0.1, 0.15) is 53.9 Å². The van der Waals surface area contributed by atoms with Gasteiger partial charge >= 0.3 is 0 Å². The van der Waals surface area contributed by atoms with Crippen molar-refractivity contribution in [2.75, 3.05) is 67.0 Å². The van der Waals surface area contributed by atoms with Crippen molar-refractivity contribution in [1.29, 1.82) is 0 Å². The van der Waals surface area contributed by atoms with Gasteiger partial charge in [-0.1, -0.05) is 27.7 Å². The first-order valence-corrected chi connectivity index (χ1v) is 14.2. The standard InChI is InChI=1S/C22H51N3OSi/c1-10-15-23(6)18-22(19-24(7)16-11-2,20-25(8)17-12-3)21-27(9,14-5)26-13-4/h10-21H2,1-9H3. The summed E-state index contributed by atoms with van der Waals surface area (Å²) in [5.74, 6) is 0. The molecule has 0 aliphatic rings. The summed E-state index contributed by atoms with van der Waals surface area (Å²) < 4.78 is 6.44. The normalized spacial score (nSPS) is 15.1. The van der Waals surface area contributed by atoms with Gasteiger partial charge in [-0.2, -0.15) is 0 Å². The summed E-state index contributed by atoms with van der Waals surface area (Å²) in [6, 6.07) is 2.45. The summed E-state index contributed by atoms with van der Waals surface area (Å²) in [5.41, 5.74) is 0.268. The van der Waals surface area contributed by atoms with Gasteiger partial charge in [0.1, 0.15) is 0 Å². The minimum atomic E-state index is -1.71. The molecule has 0 N–H and O–H groups in total. The fraction of sp³-hybridized carbons (Fsp3) is 1.00. The molecule has 1 unspecified atom stereocenters. The van der Waals surface area contributed by atoms with E-state index in [1.807, 2.05) is 0 Å². The largest absolute Gasteiger partial charge is 0.417 e.